The third kappa shape index (κ3) is 4.46. The molecule has 2 atom stereocenters. The molecular formula is C16H24FNO2. The standard InChI is InChI=1S/C16H24FNO2/c1-3-18-11-12-7-13(17)9-16(8-12)20-15-6-4-5-14(10-15)19-2/h7-9,14-15,18H,3-6,10-11H2,1-2H3. The van der Waals surface area contributed by atoms with Gasteiger partial charge in [-0.15, -0.1) is 0 Å². The van der Waals surface area contributed by atoms with Crippen molar-refractivity contribution in [2.75, 3.05) is 13.7 Å². The van der Waals surface area contributed by atoms with Crippen molar-refractivity contribution < 1.29 is 13.9 Å². The summed E-state index contributed by atoms with van der Waals surface area (Å²) >= 11 is 0. The molecule has 1 aromatic rings. The van der Waals surface area contributed by atoms with E-state index in [2.05, 4.69) is 5.32 Å². The van der Waals surface area contributed by atoms with Gasteiger partial charge >= 0.3 is 0 Å². The first-order valence-corrected chi connectivity index (χ1v) is 7.41. The third-order valence-electron chi connectivity index (χ3n) is 3.72. The van der Waals surface area contributed by atoms with Gasteiger partial charge in [-0.05, 0) is 43.5 Å². The number of ether oxygens (including phenoxy) is 2. The summed E-state index contributed by atoms with van der Waals surface area (Å²) in [6, 6.07) is 4.93. The van der Waals surface area contributed by atoms with Gasteiger partial charge in [0.25, 0.3) is 0 Å². The first-order valence-electron chi connectivity index (χ1n) is 7.41. The van der Waals surface area contributed by atoms with Crippen molar-refractivity contribution in [1.82, 2.24) is 5.32 Å². The lowest BCUT2D eigenvalue weighted by molar-refractivity contribution is 0.0208. The smallest absolute Gasteiger partial charge is 0.127 e. The Labute approximate surface area is 120 Å². The van der Waals surface area contributed by atoms with E-state index in [1.807, 2.05) is 13.0 Å². The summed E-state index contributed by atoms with van der Waals surface area (Å²) in [6.45, 7) is 3.56. The Hall–Kier alpha value is -1.13. The SMILES string of the molecule is CCNCc1cc(F)cc(OC2CCCC(OC)C2)c1. The summed E-state index contributed by atoms with van der Waals surface area (Å²) in [5, 5.41) is 3.20. The molecular weight excluding hydrogens is 257 g/mol. The summed E-state index contributed by atoms with van der Waals surface area (Å²) in [5.74, 6) is 0.383. The lowest BCUT2D eigenvalue weighted by Gasteiger charge is -2.28. The zero-order chi connectivity index (χ0) is 14.4. The number of hydrogen-bond donors (Lipinski definition) is 1. The molecule has 0 amide bonds. The molecule has 0 aliphatic heterocycles. The van der Waals surface area contributed by atoms with Gasteiger partial charge in [0.15, 0.2) is 0 Å². The number of nitrogens with one attached hydrogen (secondary N) is 1. The Morgan fingerprint density at radius 2 is 2.05 bits per heavy atom. The average Bonchev–Trinajstić information content (AvgIpc) is 2.44. The van der Waals surface area contributed by atoms with E-state index in [-0.39, 0.29) is 18.0 Å². The maximum Gasteiger partial charge on any atom is 0.127 e. The van der Waals surface area contributed by atoms with Gasteiger partial charge < -0.3 is 14.8 Å². The van der Waals surface area contributed by atoms with Gasteiger partial charge in [0, 0.05) is 26.1 Å². The molecule has 1 aliphatic carbocycles. The summed E-state index contributed by atoms with van der Waals surface area (Å²) in [7, 11) is 1.74. The van der Waals surface area contributed by atoms with Gasteiger partial charge in [0.2, 0.25) is 0 Å². The van der Waals surface area contributed by atoms with E-state index in [9.17, 15) is 4.39 Å². The Morgan fingerprint density at radius 3 is 2.80 bits per heavy atom. The first kappa shape index (κ1) is 15.3. The van der Waals surface area contributed by atoms with Crippen LogP contribution in [0, 0.1) is 5.82 Å². The van der Waals surface area contributed by atoms with E-state index < -0.39 is 0 Å². The second-order valence-corrected chi connectivity index (χ2v) is 5.34. The quantitative estimate of drug-likeness (QED) is 0.868. The van der Waals surface area contributed by atoms with Gasteiger partial charge in [-0.1, -0.05) is 6.92 Å². The van der Waals surface area contributed by atoms with E-state index in [1.165, 1.54) is 6.07 Å². The van der Waals surface area contributed by atoms with Gasteiger partial charge in [-0.2, -0.15) is 0 Å². The van der Waals surface area contributed by atoms with Crippen molar-refractivity contribution in [3.05, 3.63) is 29.6 Å². The molecule has 0 spiro atoms. The fourth-order valence-electron chi connectivity index (χ4n) is 2.68. The van der Waals surface area contributed by atoms with Crippen molar-refractivity contribution >= 4 is 0 Å². The molecule has 1 aromatic carbocycles. The number of hydrogen-bond acceptors (Lipinski definition) is 3. The van der Waals surface area contributed by atoms with Crippen LogP contribution in [0.5, 0.6) is 5.75 Å². The van der Waals surface area contributed by atoms with Crippen LogP contribution in [0.4, 0.5) is 4.39 Å². The maximum absolute atomic E-state index is 13.6. The molecule has 0 saturated heterocycles. The molecule has 2 rings (SSSR count). The van der Waals surface area contributed by atoms with Gasteiger partial charge in [-0.25, -0.2) is 4.39 Å². The predicted molar refractivity (Wildman–Crippen MR) is 77.5 cm³/mol. The van der Waals surface area contributed by atoms with E-state index in [1.54, 1.807) is 13.2 Å². The fourth-order valence-corrected chi connectivity index (χ4v) is 2.68. The largest absolute Gasteiger partial charge is 0.490 e. The Morgan fingerprint density at radius 1 is 1.25 bits per heavy atom. The normalized spacial score (nSPS) is 22.8. The summed E-state index contributed by atoms with van der Waals surface area (Å²) in [5.41, 5.74) is 0.918. The zero-order valence-corrected chi connectivity index (χ0v) is 12.3. The monoisotopic (exact) mass is 281 g/mol. The highest BCUT2D eigenvalue weighted by Crippen LogP contribution is 2.26. The fraction of sp³-hybridized carbons (Fsp3) is 0.625. The number of benzene rings is 1. The second kappa shape index (κ2) is 7.60. The van der Waals surface area contributed by atoms with Crippen LogP contribution in [0.25, 0.3) is 0 Å². The molecule has 112 valence electrons. The van der Waals surface area contributed by atoms with Gasteiger partial charge in [0.1, 0.15) is 17.7 Å². The van der Waals surface area contributed by atoms with Crippen molar-refractivity contribution in [3.63, 3.8) is 0 Å². The molecule has 0 aromatic heterocycles. The molecule has 1 fully saturated rings. The molecule has 1 N–H and O–H groups in total. The molecule has 3 nitrogen and oxygen atoms in total. The minimum Gasteiger partial charge on any atom is -0.490 e. The number of rotatable bonds is 6. The molecule has 1 aliphatic rings. The van der Waals surface area contributed by atoms with E-state index >= 15 is 0 Å². The zero-order valence-electron chi connectivity index (χ0n) is 12.3. The van der Waals surface area contributed by atoms with Crippen LogP contribution >= 0.6 is 0 Å². The Kier molecular flexibility index (Phi) is 5.80. The molecule has 0 heterocycles. The van der Waals surface area contributed by atoms with Crippen LogP contribution in [-0.4, -0.2) is 25.9 Å². The Balaban J connectivity index is 1.99. The second-order valence-electron chi connectivity index (χ2n) is 5.34. The molecule has 0 radical (unpaired) electrons. The lowest BCUT2D eigenvalue weighted by atomic mass is 9.95. The summed E-state index contributed by atoms with van der Waals surface area (Å²) < 4.78 is 25.0. The molecule has 1 saturated carbocycles. The van der Waals surface area contributed by atoms with Crippen LogP contribution in [0.15, 0.2) is 18.2 Å². The highest BCUT2D eigenvalue weighted by atomic mass is 19.1. The highest BCUT2D eigenvalue weighted by Gasteiger charge is 2.23. The molecule has 2 unspecified atom stereocenters. The van der Waals surface area contributed by atoms with Gasteiger partial charge in [0.05, 0.1) is 6.10 Å². The maximum atomic E-state index is 13.6. The Bertz CT molecular complexity index is 425. The topological polar surface area (TPSA) is 30.5 Å². The van der Waals surface area contributed by atoms with Crippen molar-refractivity contribution in [3.8, 4) is 5.75 Å². The van der Waals surface area contributed by atoms with Crippen molar-refractivity contribution in [2.24, 2.45) is 0 Å². The van der Waals surface area contributed by atoms with Crippen LogP contribution in [0.2, 0.25) is 0 Å². The summed E-state index contributed by atoms with van der Waals surface area (Å²) in [6.07, 6.45) is 4.48. The highest BCUT2D eigenvalue weighted by molar-refractivity contribution is 5.29. The van der Waals surface area contributed by atoms with E-state index in [0.717, 1.165) is 37.8 Å². The van der Waals surface area contributed by atoms with E-state index in [0.29, 0.717) is 12.3 Å². The molecule has 20 heavy (non-hydrogen) atoms. The minimum absolute atomic E-state index is 0.127. The number of methoxy groups -OCH3 is 1. The van der Waals surface area contributed by atoms with Crippen LogP contribution in [0.1, 0.15) is 38.2 Å². The van der Waals surface area contributed by atoms with Crippen molar-refractivity contribution in [2.45, 2.75) is 51.4 Å². The van der Waals surface area contributed by atoms with Gasteiger partial charge in [-0.3, -0.25) is 0 Å². The number of halogens is 1. The van der Waals surface area contributed by atoms with E-state index in [4.69, 9.17) is 9.47 Å². The summed E-state index contributed by atoms with van der Waals surface area (Å²) in [4.78, 5) is 0. The lowest BCUT2D eigenvalue weighted by Crippen LogP contribution is -2.29. The first-order chi connectivity index (χ1) is 9.71. The van der Waals surface area contributed by atoms with Crippen LogP contribution < -0.4 is 10.1 Å². The average molecular weight is 281 g/mol. The molecule has 4 heteroatoms. The van der Waals surface area contributed by atoms with Crippen LogP contribution in [-0.2, 0) is 11.3 Å². The third-order valence-corrected chi connectivity index (χ3v) is 3.72. The van der Waals surface area contributed by atoms with Crippen molar-refractivity contribution in [1.29, 1.82) is 0 Å². The molecule has 0 bridgehead atoms. The predicted octanol–water partition coefficient (Wildman–Crippen LogP) is 3.27. The van der Waals surface area contributed by atoms with Crippen LogP contribution in [0.3, 0.4) is 0 Å². The minimum atomic E-state index is -0.241.